The molecule has 0 aromatic heterocycles. The number of likely N-dealkylation sites (tertiary alicyclic amines) is 2. The number of piperidine rings is 2. The third-order valence-corrected chi connectivity index (χ3v) is 8.13. The first kappa shape index (κ1) is 22.4. The molecule has 5 rings (SSSR count). The summed E-state index contributed by atoms with van der Waals surface area (Å²) >= 11 is 0. The number of rotatable bonds is 6. The summed E-state index contributed by atoms with van der Waals surface area (Å²) in [6.45, 7) is 10.2. The van der Waals surface area contributed by atoms with Crippen LogP contribution in [-0.4, -0.2) is 67.4 Å². The highest BCUT2D eigenvalue weighted by Crippen LogP contribution is 2.42. The molecule has 4 heterocycles. The van der Waals surface area contributed by atoms with Gasteiger partial charge in [0.25, 0.3) is 0 Å². The number of hydrogen-bond donors (Lipinski definition) is 0. The van der Waals surface area contributed by atoms with Crippen molar-refractivity contribution < 1.29 is 23.8 Å². The Morgan fingerprint density at radius 2 is 1.82 bits per heavy atom. The largest absolute Gasteiger partial charge is 0.457 e. The molecule has 0 radical (unpaired) electrons. The van der Waals surface area contributed by atoms with Gasteiger partial charge in [0, 0.05) is 37.9 Å². The molecule has 33 heavy (non-hydrogen) atoms. The minimum atomic E-state index is -0.536. The Kier molecular flexibility index (Phi) is 6.18. The molecule has 1 spiro atoms. The molecular weight excluding hydrogens is 420 g/mol. The Balaban J connectivity index is 1.11. The Hall–Kier alpha value is -2.38. The van der Waals surface area contributed by atoms with Gasteiger partial charge in [-0.1, -0.05) is 6.07 Å². The average molecular weight is 455 g/mol. The van der Waals surface area contributed by atoms with Crippen LogP contribution >= 0.6 is 0 Å². The quantitative estimate of drug-likeness (QED) is 0.612. The summed E-state index contributed by atoms with van der Waals surface area (Å²) < 4.78 is 16.1. The molecule has 0 aliphatic carbocycles. The number of fused-ring (bicyclic) bond motifs is 1. The molecule has 2 fully saturated rings. The average Bonchev–Trinajstić information content (AvgIpc) is 3.38. The van der Waals surface area contributed by atoms with Gasteiger partial charge in [0.1, 0.15) is 6.61 Å². The van der Waals surface area contributed by atoms with Gasteiger partial charge < -0.3 is 24.0 Å². The van der Waals surface area contributed by atoms with Crippen molar-refractivity contribution in [3.8, 4) is 0 Å². The zero-order chi connectivity index (χ0) is 23.0. The zero-order valence-corrected chi connectivity index (χ0v) is 19.7. The zero-order valence-electron chi connectivity index (χ0n) is 19.7. The van der Waals surface area contributed by atoms with E-state index in [1.54, 1.807) is 6.08 Å². The normalized spacial score (nSPS) is 24.6. The monoisotopic (exact) mass is 454 g/mol. The van der Waals surface area contributed by atoms with Gasteiger partial charge in [-0.25, -0.2) is 9.59 Å². The summed E-state index contributed by atoms with van der Waals surface area (Å²) in [5.41, 5.74) is 5.65. The third-order valence-electron chi connectivity index (χ3n) is 8.13. The van der Waals surface area contributed by atoms with E-state index in [1.165, 1.54) is 24.0 Å². The second-order valence-corrected chi connectivity index (χ2v) is 9.82. The summed E-state index contributed by atoms with van der Waals surface area (Å²) in [5, 5.41) is 0. The molecule has 1 aromatic carbocycles. The second-order valence-electron chi connectivity index (χ2n) is 9.82. The van der Waals surface area contributed by atoms with Crippen molar-refractivity contribution in [1.82, 2.24) is 9.80 Å². The third kappa shape index (κ3) is 4.41. The molecule has 0 bridgehead atoms. The number of ether oxygens (including phenoxy) is 3. The highest BCUT2D eigenvalue weighted by molar-refractivity contribution is 5.93. The predicted molar refractivity (Wildman–Crippen MR) is 123 cm³/mol. The molecule has 4 aliphatic rings. The SMILES string of the molecule is CCOC1OC(=O)C=C1N1CCC2(CCN(CCc3ccc4c(c3C)COC4=O)CC2)CC1. The van der Waals surface area contributed by atoms with Crippen LogP contribution in [0.1, 0.15) is 59.7 Å². The summed E-state index contributed by atoms with van der Waals surface area (Å²) in [6, 6.07) is 4.03. The van der Waals surface area contributed by atoms with E-state index < -0.39 is 6.29 Å². The van der Waals surface area contributed by atoms with Crippen LogP contribution < -0.4 is 0 Å². The van der Waals surface area contributed by atoms with Crippen LogP contribution in [0.4, 0.5) is 0 Å². The van der Waals surface area contributed by atoms with Crippen LogP contribution in [0, 0.1) is 12.3 Å². The number of benzene rings is 1. The number of carbonyl (C=O) groups excluding carboxylic acids is 2. The summed E-state index contributed by atoms with van der Waals surface area (Å²) in [6.07, 6.45) is 6.85. The molecule has 4 aliphatic heterocycles. The number of carbonyl (C=O) groups is 2. The molecule has 1 atom stereocenters. The molecule has 0 amide bonds. The van der Waals surface area contributed by atoms with Gasteiger partial charge >= 0.3 is 11.9 Å². The van der Waals surface area contributed by atoms with Gasteiger partial charge in [-0.3, -0.25) is 0 Å². The van der Waals surface area contributed by atoms with Crippen molar-refractivity contribution in [3.63, 3.8) is 0 Å². The molecule has 178 valence electrons. The van der Waals surface area contributed by atoms with Gasteiger partial charge in [-0.05, 0) is 81.6 Å². The molecule has 0 N–H and O–H groups in total. The lowest BCUT2D eigenvalue weighted by molar-refractivity contribution is -0.161. The van der Waals surface area contributed by atoms with E-state index in [1.807, 2.05) is 13.0 Å². The fourth-order valence-corrected chi connectivity index (χ4v) is 5.84. The Bertz CT molecular complexity index is 954. The van der Waals surface area contributed by atoms with Crippen molar-refractivity contribution in [3.05, 3.63) is 46.2 Å². The second kappa shape index (κ2) is 9.11. The number of esters is 2. The van der Waals surface area contributed by atoms with Gasteiger partial charge in [0.05, 0.1) is 11.3 Å². The van der Waals surface area contributed by atoms with E-state index in [9.17, 15) is 9.59 Å². The van der Waals surface area contributed by atoms with E-state index in [0.717, 1.165) is 68.8 Å². The van der Waals surface area contributed by atoms with E-state index in [2.05, 4.69) is 22.8 Å². The minimum Gasteiger partial charge on any atom is -0.457 e. The van der Waals surface area contributed by atoms with Crippen LogP contribution in [-0.2, 0) is 32.0 Å². The molecule has 7 nitrogen and oxygen atoms in total. The molecule has 1 unspecified atom stereocenters. The highest BCUT2D eigenvalue weighted by Gasteiger charge is 2.40. The van der Waals surface area contributed by atoms with E-state index in [4.69, 9.17) is 14.2 Å². The van der Waals surface area contributed by atoms with Crippen molar-refractivity contribution in [2.45, 2.75) is 58.8 Å². The summed E-state index contributed by atoms with van der Waals surface area (Å²) in [4.78, 5) is 28.4. The minimum absolute atomic E-state index is 0.191. The van der Waals surface area contributed by atoms with E-state index in [-0.39, 0.29) is 11.9 Å². The maximum absolute atomic E-state index is 11.8. The van der Waals surface area contributed by atoms with Gasteiger partial charge in [0.2, 0.25) is 6.29 Å². The van der Waals surface area contributed by atoms with Crippen LogP contribution in [0.5, 0.6) is 0 Å². The topological polar surface area (TPSA) is 68.3 Å². The van der Waals surface area contributed by atoms with E-state index in [0.29, 0.717) is 18.6 Å². The van der Waals surface area contributed by atoms with Gasteiger partial charge in [-0.15, -0.1) is 0 Å². The first-order valence-electron chi connectivity index (χ1n) is 12.3. The van der Waals surface area contributed by atoms with Crippen LogP contribution in [0.25, 0.3) is 0 Å². The Morgan fingerprint density at radius 1 is 1.09 bits per heavy atom. The lowest BCUT2D eigenvalue weighted by atomic mass is 9.71. The van der Waals surface area contributed by atoms with Crippen LogP contribution in [0.15, 0.2) is 23.9 Å². The Morgan fingerprint density at radius 3 is 2.55 bits per heavy atom. The summed E-state index contributed by atoms with van der Waals surface area (Å²) in [7, 11) is 0. The number of nitrogens with zero attached hydrogens (tertiary/aromatic N) is 2. The lowest BCUT2D eigenvalue weighted by Crippen LogP contribution is -2.47. The number of hydrogen-bond acceptors (Lipinski definition) is 7. The molecule has 0 saturated carbocycles. The van der Waals surface area contributed by atoms with Gasteiger partial charge in [0.15, 0.2) is 0 Å². The molecular formula is C26H34N2O5. The van der Waals surface area contributed by atoms with Crippen molar-refractivity contribution in [2.75, 3.05) is 39.3 Å². The maximum atomic E-state index is 11.8. The fraction of sp³-hybridized carbons (Fsp3) is 0.615. The van der Waals surface area contributed by atoms with E-state index >= 15 is 0 Å². The smallest absolute Gasteiger partial charge is 0.338 e. The van der Waals surface area contributed by atoms with Crippen LogP contribution in [0.3, 0.4) is 0 Å². The Labute approximate surface area is 195 Å². The summed E-state index contributed by atoms with van der Waals surface area (Å²) in [5.74, 6) is -0.487. The maximum Gasteiger partial charge on any atom is 0.338 e. The first-order chi connectivity index (χ1) is 16.0. The molecule has 7 heteroatoms. The van der Waals surface area contributed by atoms with Crippen molar-refractivity contribution in [1.29, 1.82) is 0 Å². The fourth-order valence-electron chi connectivity index (χ4n) is 5.84. The highest BCUT2D eigenvalue weighted by atomic mass is 16.7. The predicted octanol–water partition coefficient (Wildman–Crippen LogP) is 3.19. The van der Waals surface area contributed by atoms with Gasteiger partial charge in [-0.2, -0.15) is 0 Å². The lowest BCUT2D eigenvalue weighted by Gasteiger charge is -2.47. The molecule has 1 aromatic rings. The number of cyclic esters (lactones) is 2. The standard InChI is InChI=1S/C26H34N2O5/c1-3-31-25-22(16-23(29)33-25)28-14-9-26(10-15-28)7-12-27(13-8-26)11-6-19-4-5-20-21(18(19)2)17-32-24(20)30/h4-5,16,25H,3,6-15,17H2,1-2H3. The first-order valence-corrected chi connectivity index (χ1v) is 12.3. The van der Waals surface area contributed by atoms with Crippen LogP contribution in [0.2, 0.25) is 0 Å². The van der Waals surface area contributed by atoms with Crippen molar-refractivity contribution >= 4 is 11.9 Å². The molecule has 2 saturated heterocycles. The van der Waals surface area contributed by atoms with Crippen molar-refractivity contribution in [2.24, 2.45) is 5.41 Å².